The van der Waals surface area contributed by atoms with Crippen LogP contribution >= 0.6 is 0 Å². The molecule has 1 rings (SSSR count). The van der Waals surface area contributed by atoms with Crippen molar-refractivity contribution in [2.45, 2.75) is 85.2 Å². The number of hydrogen-bond donors (Lipinski definition) is 1. The van der Waals surface area contributed by atoms with E-state index in [1.807, 2.05) is 0 Å². The minimum atomic E-state index is 0.444. The van der Waals surface area contributed by atoms with Crippen LogP contribution in [0.1, 0.15) is 73.1 Å². The van der Waals surface area contributed by atoms with E-state index in [0.717, 1.165) is 18.5 Å². The summed E-state index contributed by atoms with van der Waals surface area (Å²) in [5.74, 6) is 0.919. The van der Waals surface area contributed by atoms with Gasteiger partial charge in [-0.25, -0.2) is 0 Å². The minimum Gasteiger partial charge on any atom is -0.314 e. The third kappa shape index (κ3) is 5.37. The molecule has 20 heavy (non-hydrogen) atoms. The van der Waals surface area contributed by atoms with Crippen LogP contribution in [0.15, 0.2) is 0 Å². The Morgan fingerprint density at radius 3 is 2.35 bits per heavy atom. The first-order valence-electron chi connectivity index (χ1n) is 8.86. The first-order valence-corrected chi connectivity index (χ1v) is 8.86. The van der Waals surface area contributed by atoms with Crippen molar-refractivity contribution in [3.63, 3.8) is 0 Å². The molecule has 1 fully saturated rings. The fourth-order valence-corrected chi connectivity index (χ4v) is 3.66. The summed E-state index contributed by atoms with van der Waals surface area (Å²) in [4.78, 5) is 2.67. The molecule has 0 aromatic carbocycles. The fourth-order valence-electron chi connectivity index (χ4n) is 3.66. The molecule has 0 amide bonds. The summed E-state index contributed by atoms with van der Waals surface area (Å²) in [5.41, 5.74) is 0.444. The van der Waals surface area contributed by atoms with Crippen LogP contribution in [0.5, 0.6) is 0 Å². The van der Waals surface area contributed by atoms with Gasteiger partial charge in [-0.1, -0.05) is 47.5 Å². The lowest BCUT2D eigenvalue weighted by Gasteiger charge is -2.41. The Bertz CT molecular complexity index is 258. The molecule has 0 aromatic rings. The van der Waals surface area contributed by atoms with Gasteiger partial charge >= 0.3 is 0 Å². The molecule has 1 aliphatic rings. The first-order chi connectivity index (χ1) is 9.42. The highest BCUT2D eigenvalue weighted by atomic mass is 15.1. The van der Waals surface area contributed by atoms with E-state index in [0.29, 0.717) is 11.5 Å². The molecule has 0 aliphatic heterocycles. The molecule has 1 saturated carbocycles. The van der Waals surface area contributed by atoms with Crippen LogP contribution in [0.4, 0.5) is 0 Å². The largest absolute Gasteiger partial charge is 0.314 e. The summed E-state index contributed by atoms with van der Waals surface area (Å²) in [6, 6.07) is 1.41. The number of nitrogens with one attached hydrogen (secondary N) is 1. The van der Waals surface area contributed by atoms with Crippen LogP contribution in [-0.4, -0.2) is 37.1 Å². The standard InChI is InChI=1S/C18H38N2/c1-7-18(8-2,13-19-15(3)4)14-20(6)17-11-9-10-16(5)12-17/h15-17,19H,7-14H2,1-6H3. The van der Waals surface area contributed by atoms with Crippen LogP contribution in [0.3, 0.4) is 0 Å². The Hall–Kier alpha value is -0.0800. The highest BCUT2D eigenvalue weighted by molar-refractivity contribution is 4.86. The zero-order valence-corrected chi connectivity index (χ0v) is 14.8. The summed E-state index contributed by atoms with van der Waals surface area (Å²) in [5, 5.41) is 3.68. The summed E-state index contributed by atoms with van der Waals surface area (Å²) in [6.45, 7) is 14.1. The third-order valence-corrected chi connectivity index (χ3v) is 5.50. The zero-order chi connectivity index (χ0) is 15.2. The lowest BCUT2D eigenvalue weighted by molar-refractivity contribution is 0.0906. The van der Waals surface area contributed by atoms with Crippen LogP contribution in [0, 0.1) is 11.3 Å². The highest BCUT2D eigenvalue weighted by Gasteiger charge is 2.31. The molecule has 0 spiro atoms. The maximum absolute atomic E-state index is 3.68. The predicted molar refractivity (Wildman–Crippen MR) is 90.2 cm³/mol. The Labute approximate surface area is 127 Å². The van der Waals surface area contributed by atoms with Gasteiger partial charge in [0.25, 0.3) is 0 Å². The van der Waals surface area contributed by atoms with Crippen molar-refractivity contribution in [1.82, 2.24) is 10.2 Å². The maximum atomic E-state index is 3.68. The molecule has 0 radical (unpaired) electrons. The molecule has 0 heterocycles. The van der Waals surface area contributed by atoms with Crippen molar-refractivity contribution >= 4 is 0 Å². The van der Waals surface area contributed by atoms with Gasteiger partial charge in [0.2, 0.25) is 0 Å². The molecule has 1 aliphatic carbocycles. The molecule has 2 heteroatoms. The summed E-state index contributed by atoms with van der Waals surface area (Å²) < 4.78 is 0. The fraction of sp³-hybridized carbons (Fsp3) is 1.00. The molecule has 120 valence electrons. The number of rotatable bonds is 8. The van der Waals surface area contributed by atoms with Gasteiger partial charge in [0.05, 0.1) is 0 Å². The highest BCUT2D eigenvalue weighted by Crippen LogP contribution is 2.31. The Morgan fingerprint density at radius 1 is 1.20 bits per heavy atom. The van der Waals surface area contributed by atoms with Crippen molar-refractivity contribution in [2.75, 3.05) is 20.1 Å². The molecule has 0 saturated heterocycles. The summed E-state index contributed by atoms with van der Waals surface area (Å²) in [6.07, 6.45) is 8.21. The lowest BCUT2D eigenvalue weighted by Crippen LogP contribution is -2.47. The number of nitrogens with zero attached hydrogens (tertiary/aromatic N) is 1. The minimum absolute atomic E-state index is 0.444. The van der Waals surface area contributed by atoms with E-state index in [2.05, 4.69) is 51.9 Å². The van der Waals surface area contributed by atoms with E-state index in [1.54, 1.807) is 0 Å². The van der Waals surface area contributed by atoms with E-state index >= 15 is 0 Å². The normalized spacial score (nSPS) is 24.6. The second-order valence-corrected chi connectivity index (χ2v) is 7.58. The van der Waals surface area contributed by atoms with E-state index in [9.17, 15) is 0 Å². The molecule has 2 atom stereocenters. The van der Waals surface area contributed by atoms with E-state index in [4.69, 9.17) is 0 Å². The lowest BCUT2D eigenvalue weighted by atomic mass is 9.79. The molecule has 1 N–H and O–H groups in total. The Morgan fingerprint density at radius 2 is 1.85 bits per heavy atom. The number of hydrogen-bond acceptors (Lipinski definition) is 2. The van der Waals surface area contributed by atoms with E-state index < -0.39 is 0 Å². The van der Waals surface area contributed by atoms with Gasteiger partial charge in [0.1, 0.15) is 0 Å². The van der Waals surface area contributed by atoms with Crippen LogP contribution in [0.2, 0.25) is 0 Å². The average molecular weight is 283 g/mol. The first kappa shape index (κ1) is 18.0. The Kier molecular flexibility index (Phi) is 7.53. The van der Waals surface area contributed by atoms with Crippen molar-refractivity contribution < 1.29 is 0 Å². The van der Waals surface area contributed by atoms with Gasteiger partial charge in [-0.3, -0.25) is 0 Å². The zero-order valence-electron chi connectivity index (χ0n) is 14.8. The molecule has 0 bridgehead atoms. The molecule has 0 aromatic heterocycles. The SMILES string of the molecule is CCC(CC)(CNC(C)C)CN(C)C1CCCC(C)C1. The van der Waals surface area contributed by atoms with Crippen LogP contribution in [0.25, 0.3) is 0 Å². The second-order valence-electron chi connectivity index (χ2n) is 7.58. The molecule has 2 nitrogen and oxygen atoms in total. The van der Waals surface area contributed by atoms with Gasteiger partial charge in [-0.15, -0.1) is 0 Å². The van der Waals surface area contributed by atoms with Gasteiger partial charge in [0.15, 0.2) is 0 Å². The average Bonchev–Trinajstić information content (AvgIpc) is 2.43. The predicted octanol–water partition coefficient (Wildman–Crippen LogP) is 4.30. The van der Waals surface area contributed by atoms with Gasteiger partial charge in [-0.05, 0) is 44.1 Å². The molecular weight excluding hydrogens is 244 g/mol. The van der Waals surface area contributed by atoms with Crippen molar-refractivity contribution in [1.29, 1.82) is 0 Å². The monoisotopic (exact) mass is 282 g/mol. The van der Waals surface area contributed by atoms with Crippen molar-refractivity contribution in [3.05, 3.63) is 0 Å². The van der Waals surface area contributed by atoms with E-state index in [-0.39, 0.29) is 0 Å². The second kappa shape index (κ2) is 8.38. The van der Waals surface area contributed by atoms with Crippen molar-refractivity contribution in [3.8, 4) is 0 Å². The van der Waals surface area contributed by atoms with Crippen molar-refractivity contribution in [2.24, 2.45) is 11.3 Å². The van der Waals surface area contributed by atoms with Crippen LogP contribution < -0.4 is 5.32 Å². The van der Waals surface area contributed by atoms with Gasteiger partial charge in [-0.2, -0.15) is 0 Å². The molecular formula is C18H38N2. The molecule has 2 unspecified atom stereocenters. The maximum Gasteiger partial charge on any atom is 0.00949 e. The van der Waals surface area contributed by atoms with Crippen LogP contribution in [-0.2, 0) is 0 Å². The third-order valence-electron chi connectivity index (χ3n) is 5.50. The smallest absolute Gasteiger partial charge is 0.00949 e. The summed E-state index contributed by atoms with van der Waals surface area (Å²) in [7, 11) is 2.36. The Balaban J connectivity index is 2.58. The van der Waals surface area contributed by atoms with Gasteiger partial charge < -0.3 is 10.2 Å². The van der Waals surface area contributed by atoms with E-state index in [1.165, 1.54) is 45.1 Å². The quantitative estimate of drug-likeness (QED) is 0.714. The topological polar surface area (TPSA) is 15.3 Å². The van der Waals surface area contributed by atoms with Gasteiger partial charge in [0, 0.05) is 25.2 Å². The summed E-state index contributed by atoms with van der Waals surface area (Å²) >= 11 is 0.